The molecule has 0 aromatic heterocycles. The van der Waals surface area contributed by atoms with E-state index in [1.807, 2.05) is 6.92 Å². The van der Waals surface area contributed by atoms with Crippen molar-refractivity contribution in [3.05, 3.63) is 24.3 Å². The van der Waals surface area contributed by atoms with Gasteiger partial charge in [-0.2, -0.15) is 0 Å². The number of anilines is 1. The Labute approximate surface area is 112 Å². The van der Waals surface area contributed by atoms with E-state index in [9.17, 15) is 13.2 Å². The largest absolute Gasteiger partial charge is 0.311 e. The SMILES string of the molecule is CCNC1CCN(c2cccc(S(N)(=O)=O)c2)C1=O. The second kappa shape index (κ2) is 5.28. The number of hydrogen-bond donors (Lipinski definition) is 2. The Morgan fingerprint density at radius 3 is 2.84 bits per heavy atom. The van der Waals surface area contributed by atoms with E-state index < -0.39 is 10.0 Å². The zero-order chi connectivity index (χ0) is 14.0. The summed E-state index contributed by atoms with van der Waals surface area (Å²) in [5.74, 6) is -0.0339. The van der Waals surface area contributed by atoms with Crippen LogP contribution in [0.3, 0.4) is 0 Å². The monoisotopic (exact) mass is 283 g/mol. The van der Waals surface area contributed by atoms with Crippen molar-refractivity contribution in [1.82, 2.24) is 5.32 Å². The first-order valence-corrected chi connectivity index (χ1v) is 7.65. The van der Waals surface area contributed by atoms with Crippen molar-refractivity contribution in [2.24, 2.45) is 5.14 Å². The van der Waals surface area contributed by atoms with Gasteiger partial charge < -0.3 is 10.2 Å². The van der Waals surface area contributed by atoms with E-state index in [-0.39, 0.29) is 16.8 Å². The van der Waals surface area contributed by atoms with Crippen LogP contribution in [0.2, 0.25) is 0 Å². The Balaban J connectivity index is 2.27. The van der Waals surface area contributed by atoms with Crippen molar-refractivity contribution in [3.8, 4) is 0 Å². The molecule has 7 heteroatoms. The molecular formula is C12H17N3O3S. The Morgan fingerprint density at radius 2 is 2.21 bits per heavy atom. The molecule has 1 amide bonds. The van der Waals surface area contributed by atoms with Gasteiger partial charge >= 0.3 is 0 Å². The summed E-state index contributed by atoms with van der Waals surface area (Å²) < 4.78 is 22.6. The summed E-state index contributed by atoms with van der Waals surface area (Å²) in [6.07, 6.45) is 0.715. The van der Waals surface area contributed by atoms with E-state index >= 15 is 0 Å². The zero-order valence-electron chi connectivity index (χ0n) is 10.7. The third-order valence-corrected chi connectivity index (χ3v) is 4.02. The first-order valence-electron chi connectivity index (χ1n) is 6.11. The second-order valence-electron chi connectivity index (χ2n) is 4.43. The van der Waals surface area contributed by atoms with Crippen molar-refractivity contribution in [3.63, 3.8) is 0 Å². The lowest BCUT2D eigenvalue weighted by Gasteiger charge is -2.17. The van der Waals surface area contributed by atoms with Crippen molar-refractivity contribution in [1.29, 1.82) is 0 Å². The standard InChI is InChI=1S/C12H17N3O3S/c1-2-14-11-6-7-15(12(11)16)9-4-3-5-10(8-9)19(13,17)18/h3-5,8,11,14H,2,6-7H2,1H3,(H2,13,17,18). The van der Waals surface area contributed by atoms with Gasteiger partial charge in [0.15, 0.2) is 0 Å². The van der Waals surface area contributed by atoms with Crippen molar-refractivity contribution >= 4 is 21.6 Å². The average Bonchev–Trinajstić information content (AvgIpc) is 2.71. The number of hydrogen-bond acceptors (Lipinski definition) is 4. The van der Waals surface area contributed by atoms with Gasteiger partial charge in [-0.05, 0) is 31.2 Å². The van der Waals surface area contributed by atoms with E-state index in [0.29, 0.717) is 18.7 Å². The molecule has 0 saturated carbocycles. The summed E-state index contributed by atoms with van der Waals surface area (Å²) in [7, 11) is -3.75. The molecule has 1 aliphatic heterocycles. The third kappa shape index (κ3) is 2.94. The minimum absolute atomic E-state index is 0.0182. The molecule has 0 spiro atoms. The van der Waals surface area contributed by atoms with Crippen LogP contribution < -0.4 is 15.4 Å². The number of primary sulfonamides is 1. The highest BCUT2D eigenvalue weighted by Crippen LogP contribution is 2.23. The first kappa shape index (κ1) is 14.0. The molecule has 1 aliphatic rings. The molecule has 2 rings (SSSR count). The highest BCUT2D eigenvalue weighted by Gasteiger charge is 2.32. The molecule has 1 fully saturated rings. The molecule has 0 aliphatic carbocycles. The van der Waals surface area contributed by atoms with Crippen molar-refractivity contribution in [2.75, 3.05) is 18.0 Å². The van der Waals surface area contributed by atoms with Crippen LogP contribution in [0.1, 0.15) is 13.3 Å². The van der Waals surface area contributed by atoms with Crippen LogP contribution in [-0.2, 0) is 14.8 Å². The van der Waals surface area contributed by atoms with Gasteiger partial charge in [0, 0.05) is 12.2 Å². The molecule has 1 unspecified atom stereocenters. The molecular weight excluding hydrogens is 266 g/mol. The van der Waals surface area contributed by atoms with E-state index in [2.05, 4.69) is 5.32 Å². The van der Waals surface area contributed by atoms with E-state index in [1.165, 1.54) is 12.1 Å². The van der Waals surface area contributed by atoms with Crippen LogP contribution in [0.4, 0.5) is 5.69 Å². The number of rotatable bonds is 4. The molecule has 1 aromatic carbocycles. The maximum Gasteiger partial charge on any atom is 0.244 e. The molecule has 0 radical (unpaired) electrons. The van der Waals surface area contributed by atoms with Gasteiger partial charge in [-0.3, -0.25) is 4.79 Å². The highest BCUT2D eigenvalue weighted by molar-refractivity contribution is 7.89. The number of nitrogens with one attached hydrogen (secondary N) is 1. The average molecular weight is 283 g/mol. The van der Waals surface area contributed by atoms with Gasteiger partial charge in [0.25, 0.3) is 0 Å². The van der Waals surface area contributed by atoms with Crippen molar-refractivity contribution < 1.29 is 13.2 Å². The molecule has 3 N–H and O–H groups in total. The number of nitrogens with zero attached hydrogens (tertiary/aromatic N) is 1. The summed E-state index contributed by atoms with van der Waals surface area (Å²) in [6.45, 7) is 3.24. The molecule has 6 nitrogen and oxygen atoms in total. The maximum absolute atomic E-state index is 12.1. The number of benzene rings is 1. The number of carbonyl (C=O) groups excluding carboxylic acids is 1. The van der Waals surface area contributed by atoms with E-state index in [4.69, 9.17) is 5.14 Å². The lowest BCUT2D eigenvalue weighted by molar-refractivity contribution is -0.118. The lowest BCUT2D eigenvalue weighted by Crippen LogP contribution is -2.38. The number of nitrogens with two attached hydrogens (primary N) is 1. The fourth-order valence-corrected chi connectivity index (χ4v) is 2.75. The van der Waals surface area contributed by atoms with Gasteiger partial charge in [0.1, 0.15) is 0 Å². The summed E-state index contributed by atoms with van der Waals surface area (Å²) in [5, 5.41) is 8.20. The summed E-state index contributed by atoms with van der Waals surface area (Å²) >= 11 is 0. The van der Waals surface area contributed by atoms with Crippen LogP contribution in [0, 0.1) is 0 Å². The molecule has 104 valence electrons. The van der Waals surface area contributed by atoms with Gasteiger partial charge in [0.2, 0.25) is 15.9 Å². The van der Waals surface area contributed by atoms with Gasteiger partial charge in [-0.1, -0.05) is 13.0 Å². The minimum Gasteiger partial charge on any atom is -0.311 e. The topological polar surface area (TPSA) is 92.5 Å². The molecule has 0 bridgehead atoms. The summed E-state index contributed by atoms with van der Waals surface area (Å²) in [5.41, 5.74) is 0.567. The molecule has 19 heavy (non-hydrogen) atoms. The maximum atomic E-state index is 12.1. The van der Waals surface area contributed by atoms with Crippen LogP contribution in [0.15, 0.2) is 29.2 Å². The Morgan fingerprint density at radius 1 is 1.47 bits per heavy atom. The van der Waals surface area contributed by atoms with E-state index in [0.717, 1.165) is 6.54 Å². The molecule has 1 atom stereocenters. The normalized spacial score (nSPS) is 20.0. The molecule has 1 heterocycles. The number of sulfonamides is 1. The number of likely N-dealkylation sites (N-methyl/N-ethyl adjacent to an activating group) is 1. The van der Waals surface area contributed by atoms with Gasteiger partial charge in [-0.25, -0.2) is 13.6 Å². The fraction of sp³-hybridized carbons (Fsp3) is 0.417. The first-order chi connectivity index (χ1) is 8.93. The van der Waals surface area contributed by atoms with Crippen LogP contribution in [0.5, 0.6) is 0 Å². The van der Waals surface area contributed by atoms with Crippen LogP contribution in [0.25, 0.3) is 0 Å². The quantitative estimate of drug-likeness (QED) is 0.816. The predicted octanol–water partition coefficient (Wildman–Crippen LogP) is 0.0488. The predicted molar refractivity (Wildman–Crippen MR) is 72.2 cm³/mol. The summed E-state index contributed by atoms with van der Waals surface area (Å²) in [6, 6.07) is 5.95. The van der Waals surface area contributed by atoms with Gasteiger partial charge in [-0.15, -0.1) is 0 Å². The van der Waals surface area contributed by atoms with Crippen LogP contribution in [-0.4, -0.2) is 33.5 Å². The highest BCUT2D eigenvalue weighted by atomic mass is 32.2. The smallest absolute Gasteiger partial charge is 0.244 e. The third-order valence-electron chi connectivity index (χ3n) is 3.11. The second-order valence-corrected chi connectivity index (χ2v) is 5.99. The molecule has 1 aromatic rings. The minimum atomic E-state index is -3.75. The fourth-order valence-electron chi connectivity index (χ4n) is 2.20. The van der Waals surface area contributed by atoms with Crippen LogP contribution >= 0.6 is 0 Å². The molecule has 1 saturated heterocycles. The Kier molecular flexibility index (Phi) is 3.88. The van der Waals surface area contributed by atoms with Gasteiger partial charge in [0.05, 0.1) is 10.9 Å². The van der Waals surface area contributed by atoms with E-state index in [1.54, 1.807) is 17.0 Å². The Hall–Kier alpha value is -1.44. The van der Waals surface area contributed by atoms with Crippen molar-refractivity contribution in [2.45, 2.75) is 24.3 Å². The zero-order valence-corrected chi connectivity index (χ0v) is 11.5. The summed E-state index contributed by atoms with van der Waals surface area (Å²) in [4.78, 5) is 13.7. The Bertz CT molecular complexity index is 586. The number of amides is 1. The lowest BCUT2D eigenvalue weighted by atomic mass is 10.2. The number of carbonyl (C=O) groups is 1.